The Balaban J connectivity index is 1.78. The Morgan fingerprint density at radius 3 is 2.80 bits per heavy atom. The molecule has 5 heteroatoms. The predicted molar refractivity (Wildman–Crippen MR) is 79.0 cm³/mol. The van der Waals surface area contributed by atoms with Crippen LogP contribution in [0.3, 0.4) is 0 Å². The van der Waals surface area contributed by atoms with Crippen molar-refractivity contribution in [1.82, 2.24) is 9.80 Å². The van der Waals surface area contributed by atoms with Gasteiger partial charge in [0.25, 0.3) is 0 Å². The first-order valence-corrected chi connectivity index (χ1v) is 8.09. The molecule has 118 valence electrons. The van der Waals surface area contributed by atoms with Crippen molar-refractivity contribution >= 4 is 0 Å². The van der Waals surface area contributed by atoms with Gasteiger partial charge in [0.05, 0.1) is 25.9 Å². The average Bonchev–Trinajstić information content (AvgIpc) is 2.48. The molecule has 0 saturated carbocycles. The highest BCUT2D eigenvalue weighted by Gasteiger charge is 2.26. The number of likely N-dealkylation sites (tertiary alicyclic amines) is 1. The molecule has 2 unspecified atom stereocenters. The molecule has 5 nitrogen and oxygen atoms in total. The summed E-state index contributed by atoms with van der Waals surface area (Å²) in [5.74, 6) is 0. The van der Waals surface area contributed by atoms with Crippen molar-refractivity contribution in [3.63, 3.8) is 0 Å². The molecule has 0 radical (unpaired) electrons. The standard InChI is InChI=1S/C15H30N2O3/c1-2-19-13-15(18)12-17-6-4-3-5-14(17)11-16-7-9-20-10-8-16/h14-15,18H,2-13H2,1H3. The van der Waals surface area contributed by atoms with E-state index in [1.165, 1.54) is 19.3 Å². The van der Waals surface area contributed by atoms with Crippen LogP contribution < -0.4 is 0 Å². The molecule has 1 N–H and O–H groups in total. The molecule has 20 heavy (non-hydrogen) atoms. The molecule has 0 aromatic heterocycles. The van der Waals surface area contributed by atoms with E-state index in [1.807, 2.05) is 6.92 Å². The van der Waals surface area contributed by atoms with Crippen molar-refractivity contribution in [2.24, 2.45) is 0 Å². The van der Waals surface area contributed by atoms with E-state index >= 15 is 0 Å². The van der Waals surface area contributed by atoms with Gasteiger partial charge in [-0.25, -0.2) is 0 Å². The lowest BCUT2D eigenvalue weighted by molar-refractivity contribution is -0.0119. The van der Waals surface area contributed by atoms with Gasteiger partial charge in [-0.1, -0.05) is 6.42 Å². The highest BCUT2D eigenvalue weighted by molar-refractivity contribution is 4.82. The first kappa shape index (κ1) is 16.2. The molecule has 2 rings (SSSR count). The average molecular weight is 286 g/mol. The fourth-order valence-corrected chi connectivity index (χ4v) is 3.17. The van der Waals surface area contributed by atoms with Crippen molar-refractivity contribution in [3.05, 3.63) is 0 Å². The topological polar surface area (TPSA) is 45.2 Å². The van der Waals surface area contributed by atoms with Gasteiger partial charge < -0.3 is 14.6 Å². The second-order valence-electron chi connectivity index (χ2n) is 5.87. The minimum absolute atomic E-state index is 0.361. The van der Waals surface area contributed by atoms with E-state index in [4.69, 9.17) is 9.47 Å². The van der Waals surface area contributed by atoms with Crippen LogP contribution in [0.2, 0.25) is 0 Å². The van der Waals surface area contributed by atoms with Crippen LogP contribution in [0.5, 0.6) is 0 Å². The summed E-state index contributed by atoms with van der Waals surface area (Å²) >= 11 is 0. The number of aliphatic hydroxyl groups is 1. The number of aliphatic hydroxyl groups excluding tert-OH is 1. The lowest BCUT2D eigenvalue weighted by Gasteiger charge is -2.40. The van der Waals surface area contributed by atoms with Gasteiger partial charge in [0.15, 0.2) is 0 Å². The molecule has 0 bridgehead atoms. The van der Waals surface area contributed by atoms with Crippen LogP contribution in [0.15, 0.2) is 0 Å². The number of morpholine rings is 1. The number of nitrogens with zero attached hydrogens (tertiary/aromatic N) is 2. The number of hydrogen-bond acceptors (Lipinski definition) is 5. The molecule has 0 aliphatic carbocycles. The summed E-state index contributed by atoms with van der Waals surface area (Å²) in [6, 6.07) is 0.582. The van der Waals surface area contributed by atoms with Crippen LogP contribution in [0.1, 0.15) is 26.2 Å². The number of hydrogen-bond donors (Lipinski definition) is 1. The Morgan fingerprint density at radius 2 is 2.05 bits per heavy atom. The van der Waals surface area contributed by atoms with Crippen LogP contribution >= 0.6 is 0 Å². The van der Waals surface area contributed by atoms with E-state index in [2.05, 4.69) is 9.80 Å². The van der Waals surface area contributed by atoms with Gasteiger partial charge in [0, 0.05) is 38.8 Å². The monoisotopic (exact) mass is 286 g/mol. The zero-order chi connectivity index (χ0) is 14.2. The van der Waals surface area contributed by atoms with Gasteiger partial charge in [0.2, 0.25) is 0 Å². The third kappa shape index (κ3) is 5.30. The first-order valence-electron chi connectivity index (χ1n) is 8.09. The summed E-state index contributed by atoms with van der Waals surface area (Å²) in [6.45, 7) is 9.88. The van der Waals surface area contributed by atoms with Crippen molar-refractivity contribution < 1.29 is 14.6 Å². The Labute approximate surface area is 122 Å². The van der Waals surface area contributed by atoms with Crippen molar-refractivity contribution in [3.8, 4) is 0 Å². The van der Waals surface area contributed by atoms with Crippen LogP contribution in [-0.2, 0) is 9.47 Å². The lowest BCUT2D eigenvalue weighted by atomic mass is 10.0. The van der Waals surface area contributed by atoms with Crippen LogP contribution in [0, 0.1) is 0 Å². The number of piperidine rings is 1. The van der Waals surface area contributed by atoms with E-state index in [1.54, 1.807) is 0 Å². The molecule has 2 heterocycles. The normalized spacial score (nSPS) is 27.6. The highest BCUT2D eigenvalue weighted by Crippen LogP contribution is 2.19. The van der Waals surface area contributed by atoms with Gasteiger partial charge in [-0.2, -0.15) is 0 Å². The van der Waals surface area contributed by atoms with Crippen LogP contribution in [0.25, 0.3) is 0 Å². The van der Waals surface area contributed by atoms with Crippen LogP contribution in [-0.4, -0.2) is 86.2 Å². The van der Waals surface area contributed by atoms with E-state index in [-0.39, 0.29) is 6.10 Å². The maximum atomic E-state index is 10.1. The zero-order valence-electron chi connectivity index (χ0n) is 12.8. The highest BCUT2D eigenvalue weighted by atomic mass is 16.5. The summed E-state index contributed by atoms with van der Waals surface area (Å²) in [7, 11) is 0. The minimum Gasteiger partial charge on any atom is -0.389 e. The molecule has 0 aromatic rings. The maximum Gasteiger partial charge on any atom is 0.0900 e. The van der Waals surface area contributed by atoms with Gasteiger partial charge in [-0.15, -0.1) is 0 Å². The molecule has 2 fully saturated rings. The second-order valence-corrected chi connectivity index (χ2v) is 5.87. The Morgan fingerprint density at radius 1 is 1.25 bits per heavy atom. The maximum absolute atomic E-state index is 10.1. The third-order valence-electron chi connectivity index (χ3n) is 4.28. The lowest BCUT2D eigenvalue weighted by Crippen LogP contribution is -2.51. The number of β-amino-alcohol motifs (C(OH)–C–C–N with tert-alkyl or cyclic N) is 1. The van der Waals surface area contributed by atoms with Crippen molar-refractivity contribution in [2.45, 2.75) is 38.3 Å². The smallest absolute Gasteiger partial charge is 0.0900 e. The SMILES string of the molecule is CCOCC(O)CN1CCCCC1CN1CCOCC1. The molecule has 0 aromatic carbocycles. The van der Waals surface area contributed by atoms with E-state index < -0.39 is 0 Å². The summed E-state index contributed by atoms with van der Waals surface area (Å²) in [5, 5.41) is 10.1. The summed E-state index contributed by atoms with van der Waals surface area (Å²) in [4.78, 5) is 4.96. The Kier molecular flexibility index (Phi) is 7.24. The van der Waals surface area contributed by atoms with Crippen molar-refractivity contribution in [1.29, 1.82) is 0 Å². The fourth-order valence-electron chi connectivity index (χ4n) is 3.17. The Hall–Kier alpha value is -0.200. The Bertz CT molecular complexity index is 260. The van der Waals surface area contributed by atoms with Gasteiger partial charge in [-0.05, 0) is 26.3 Å². The third-order valence-corrected chi connectivity index (χ3v) is 4.28. The molecular formula is C15H30N2O3. The minimum atomic E-state index is -0.361. The molecular weight excluding hydrogens is 256 g/mol. The first-order chi connectivity index (χ1) is 9.79. The van der Waals surface area contributed by atoms with E-state index in [0.717, 1.165) is 45.9 Å². The molecule has 2 aliphatic heterocycles. The number of rotatable bonds is 7. The molecule has 0 amide bonds. The molecule has 2 aliphatic rings. The zero-order valence-corrected chi connectivity index (χ0v) is 12.8. The van der Waals surface area contributed by atoms with Gasteiger partial charge in [-0.3, -0.25) is 9.80 Å². The quantitative estimate of drug-likeness (QED) is 0.741. The summed E-state index contributed by atoms with van der Waals surface area (Å²) in [5.41, 5.74) is 0. The second kappa shape index (κ2) is 8.95. The summed E-state index contributed by atoms with van der Waals surface area (Å²) in [6.07, 6.45) is 3.45. The molecule has 2 atom stereocenters. The van der Waals surface area contributed by atoms with Crippen molar-refractivity contribution in [2.75, 3.05) is 59.2 Å². The molecule has 2 saturated heterocycles. The van der Waals surface area contributed by atoms with Gasteiger partial charge in [0.1, 0.15) is 0 Å². The summed E-state index contributed by atoms with van der Waals surface area (Å²) < 4.78 is 10.7. The van der Waals surface area contributed by atoms with Crippen LogP contribution in [0.4, 0.5) is 0 Å². The molecule has 0 spiro atoms. The van der Waals surface area contributed by atoms with Gasteiger partial charge >= 0.3 is 0 Å². The number of ether oxygens (including phenoxy) is 2. The van der Waals surface area contributed by atoms with E-state index in [9.17, 15) is 5.11 Å². The van der Waals surface area contributed by atoms with E-state index in [0.29, 0.717) is 19.3 Å². The predicted octanol–water partition coefficient (Wildman–Crippen LogP) is 0.571. The largest absolute Gasteiger partial charge is 0.389 e. The fraction of sp³-hybridized carbons (Fsp3) is 1.00.